The van der Waals surface area contributed by atoms with Gasteiger partial charge in [-0.3, -0.25) is 13.9 Å². The van der Waals surface area contributed by atoms with Gasteiger partial charge in [-0.05, 0) is 69.0 Å². The molecule has 0 unspecified atom stereocenters. The summed E-state index contributed by atoms with van der Waals surface area (Å²) < 4.78 is 29.3. The van der Waals surface area contributed by atoms with Gasteiger partial charge in [-0.15, -0.1) is 0 Å². The van der Waals surface area contributed by atoms with E-state index in [9.17, 15) is 18.0 Å². The Balaban J connectivity index is 1.74. The summed E-state index contributed by atoms with van der Waals surface area (Å²) >= 11 is 13.0. The van der Waals surface area contributed by atoms with E-state index in [0.717, 1.165) is 41.1 Å². The molecule has 1 saturated carbocycles. The van der Waals surface area contributed by atoms with Crippen molar-refractivity contribution in [2.45, 2.75) is 76.4 Å². The molecule has 1 atom stereocenters. The van der Waals surface area contributed by atoms with E-state index in [1.165, 1.54) is 17.0 Å². The van der Waals surface area contributed by atoms with Crippen LogP contribution in [0.15, 0.2) is 71.6 Å². The van der Waals surface area contributed by atoms with Crippen LogP contribution in [0.4, 0.5) is 5.69 Å². The maximum atomic E-state index is 14.2. The third-order valence-corrected chi connectivity index (χ3v) is 10.3. The molecule has 7 nitrogen and oxygen atoms in total. The van der Waals surface area contributed by atoms with E-state index in [1.54, 1.807) is 49.4 Å². The lowest BCUT2D eigenvalue weighted by molar-refractivity contribution is -0.139. The molecule has 0 saturated heterocycles. The van der Waals surface area contributed by atoms with Crippen molar-refractivity contribution in [2.24, 2.45) is 0 Å². The third kappa shape index (κ3) is 7.28. The van der Waals surface area contributed by atoms with Crippen molar-refractivity contribution in [1.29, 1.82) is 0 Å². The number of sulfonamides is 1. The number of anilines is 1. The van der Waals surface area contributed by atoms with E-state index in [1.807, 2.05) is 26.0 Å². The summed E-state index contributed by atoms with van der Waals surface area (Å²) in [5.41, 5.74) is 2.58. The summed E-state index contributed by atoms with van der Waals surface area (Å²) in [6, 6.07) is 17.8. The average molecular weight is 631 g/mol. The van der Waals surface area contributed by atoms with E-state index in [4.69, 9.17) is 23.2 Å². The zero-order chi connectivity index (χ0) is 30.4. The number of aryl methyl sites for hydroxylation is 2. The maximum absolute atomic E-state index is 14.2. The molecule has 224 valence electrons. The highest BCUT2D eigenvalue weighted by molar-refractivity contribution is 7.92. The molecule has 1 aliphatic rings. The minimum Gasteiger partial charge on any atom is -0.352 e. The van der Waals surface area contributed by atoms with E-state index in [-0.39, 0.29) is 23.4 Å². The standard InChI is InChI=1S/C32H37Cl2N3O4S/c1-4-24-10-5-8-15-30(24)37(42(40,41)26-18-16-22(2)17-19-26)21-31(38)36(20-27-28(33)13-9-14-29(27)34)23(3)32(39)35-25-11-6-7-12-25/h5,8-10,13-19,23,25H,4,6-7,11-12,20-21H2,1-3H3,(H,35,39)/t23-/m0/s1. The first-order valence-electron chi connectivity index (χ1n) is 14.2. The summed E-state index contributed by atoms with van der Waals surface area (Å²) in [7, 11) is -4.15. The fourth-order valence-electron chi connectivity index (χ4n) is 5.23. The van der Waals surface area contributed by atoms with Crippen molar-refractivity contribution in [3.8, 4) is 0 Å². The number of carbonyl (C=O) groups is 2. The summed E-state index contributed by atoms with van der Waals surface area (Å²) in [5.74, 6) is -0.859. The van der Waals surface area contributed by atoms with Gasteiger partial charge in [0.15, 0.2) is 0 Å². The van der Waals surface area contributed by atoms with Crippen LogP contribution in [0.2, 0.25) is 10.0 Å². The molecule has 1 fully saturated rings. The first-order chi connectivity index (χ1) is 20.0. The van der Waals surface area contributed by atoms with Gasteiger partial charge in [0.2, 0.25) is 11.8 Å². The predicted molar refractivity (Wildman–Crippen MR) is 168 cm³/mol. The Bertz CT molecular complexity index is 1500. The van der Waals surface area contributed by atoms with Crippen LogP contribution >= 0.6 is 23.2 Å². The van der Waals surface area contributed by atoms with Gasteiger partial charge < -0.3 is 10.2 Å². The van der Waals surface area contributed by atoms with E-state index in [0.29, 0.717) is 27.7 Å². The molecular formula is C32H37Cl2N3O4S. The van der Waals surface area contributed by atoms with Crippen LogP contribution in [0.5, 0.6) is 0 Å². The minimum absolute atomic E-state index is 0.0515. The van der Waals surface area contributed by atoms with Crippen molar-refractivity contribution in [1.82, 2.24) is 10.2 Å². The predicted octanol–water partition coefficient (Wildman–Crippen LogP) is 6.54. The number of amides is 2. The number of hydrogen-bond acceptors (Lipinski definition) is 4. The smallest absolute Gasteiger partial charge is 0.264 e. The molecule has 3 aromatic carbocycles. The summed E-state index contributed by atoms with van der Waals surface area (Å²) in [6.45, 7) is 4.87. The molecular weight excluding hydrogens is 593 g/mol. The van der Waals surface area contributed by atoms with Crippen molar-refractivity contribution in [3.63, 3.8) is 0 Å². The number of halogens is 2. The maximum Gasteiger partial charge on any atom is 0.264 e. The Hall–Kier alpha value is -3.07. The Morgan fingerprint density at radius 2 is 1.57 bits per heavy atom. The molecule has 1 N–H and O–H groups in total. The van der Waals surface area contributed by atoms with Crippen LogP contribution in [0.3, 0.4) is 0 Å². The molecule has 0 heterocycles. The fraction of sp³-hybridized carbons (Fsp3) is 0.375. The second-order valence-electron chi connectivity index (χ2n) is 10.7. The lowest BCUT2D eigenvalue weighted by Gasteiger charge is -2.33. The molecule has 3 aromatic rings. The molecule has 0 aromatic heterocycles. The normalized spacial score (nSPS) is 14.4. The van der Waals surface area contributed by atoms with E-state index >= 15 is 0 Å². The highest BCUT2D eigenvalue weighted by atomic mass is 35.5. The lowest BCUT2D eigenvalue weighted by atomic mass is 10.1. The molecule has 0 bridgehead atoms. The number of nitrogens with zero attached hydrogens (tertiary/aromatic N) is 2. The number of benzene rings is 3. The first-order valence-corrected chi connectivity index (χ1v) is 16.4. The topological polar surface area (TPSA) is 86.8 Å². The van der Waals surface area contributed by atoms with Gasteiger partial charge in [0.1, 0.15) is 12.6 Å². The highest BCUT2D eigenvalue weighted by Crippen LogP contribution is 2.30. The van der Waals surface area contributed by atoms with Gasteiger partial charge in [0, 0.05) is 28.2 Å². The van der Waals surface area contributed by atoms with Gasteiger partial charge in [-0.1, -0.05) is 84.9 Å². The zero-order valence-corrected chi connectivity index (χ0v) is 26.5. The third-order valence-electron chi connectivity index (χ3n) is 7.79. The molecule has 10 heteroatoms. The van der Waals surface area contributed by atoms with Crippen molar-refractivity contribution < 1.29 is 18.0 Å². The van der Waals surface area contributed by atoms with E-state index in [2.05, 4.69) is 5.32 Å². The Morgan fingerprint density at radius 3 is 2.19 bits per heavy atom. The van der Waals surface area contributed by atoms with Crippen LogP contribution in [0.1, 0.15) is 56.2 Å². The monoisotopic (exact) mass is 629 g/mol. The van der Waals surface area contributed by atoms with Gasteiger partial charge >= 0.3 is 0 Å². The summed E-state index contributed by atoms with van der Waals surface area (Å²) in [6.07, 6.45) is 4.42. The lowest BCUT2D eigenvalue weighted by Crippen LogP contribution is -2.52. The zero-order valence-electron chi connectivity index (χ0n) is 24.1. The Morgan fingerprint density at radius 1 is 0.952 bits per heavy atom. The largest absolute Gasteiger partial charge is 0.352 e. The number of hydrogen-bond donors (Lipinski definition) is 1. The Kier molecular flexibility index (Phi) is 10.6. The Labute approximate surface area is 258 Å². The molecule has 4 rings (SSSR count). The average Bonchev–Trinajstić information content (AvgIpc) is 3.48. The molecule has 2 amide bonds. The van der Waals surface area contributed by atoms with Gasteiger partial charge in [0.05, 0.1) is 10.6 Å². The number of carbonyl (C=O) groups excluding carboxylic acids is 2. The van der Waals surface area contributed by atoms with Crippen LogP contribution in [-0.4, -0.2) is 43.8 Å². The molecule has 0 radical (unpaired) electrons. The highest BCUT2D eigenvalue weighted by Gasteiger charge is 2.34. The second-order valence-corrected chi connectivity index (χ2v) is 13.4. The van der Waals surface area contributed by atoms with Crippen molar-refractivity contribution >= 4 is 50.7 Å². The molecule has 0 spiro atoms. The van der Waals surface area contributed by atoms with Gasteiger partial charge in [-0.25, -0.2) is 8.42 Å². The number of para-hydroxylation sites is 1. The molecule has 0 aliphatic heterocycles. The minimum atomic E-state index is -4.15. The summed E-state index contributed by atoms with van der Waals surface area (Å²) in [5, 5.41) is 3.77. The van der Waals surface area contributed by atoms with Crippen LogP contribution < -0.4 is 9.62 Å². The van der Waals surface area contributed by atoms with Crippen molar-refractivity contribution in [3.05, 3.63) is 93.5 Å². The van der Waals surface area contributed by atoms with E-state index < -0.39 is 28.5 Å². The molecule has 42 heavy (non-hydrogen) atoms. The summed E-state index contributed by atoms with van der Waals surface area (Å²) in [4.78, 5) is 29.1. The van der Waals surface area contributed by atoms with Gasteiger partial charge in [0.25, 0.3) is 10.0 Å². The van der Waals surface area contributed by atoms with Crippen molar-refractivity contribution in [2.75, 3.05) is 10.8 Å². The molecule has 1 aliphatic carbocycles. The van der Waals surface area contributed by atoms with Gasteiger partial charge in [-0.2, -0.15) is 0 Å². The number of nitrogens with one attached hydrogen (secondary N) is 1. The SMILES string of the molecule is CCc1ccccc1N(CC(=O)N(Cc1c(Cl)cccc1Cl)[C@@H](C)C(=O)NC1CCCC1)S(=O)(=O)c1ccc(C)cc1. The quantitative estimate of drug-likeness (QED) is 0.261. The second kappa shape index (κ2) is 13.9. The fourth-order valence-corrected chi connectivity index (χ4v) is 7.20. The van der Waals surface area contributed by atoms with Crippen LogP contribution in [0, 0.1) is 6.92 Å². The number of rotatable bonds is 11. The van der Waals surface area contributed by atoms with Crippen LogP contribution in [0.25, 0.3) is 0 Å². The first kappa shape index (κ1) is 31.9. The van der Waals surface area contributed by atoms with Crippen LogP contribution in [-0.2, 0) is 32.6 Å².